The van der Waals surface area contributed by atoms with Gasteiger partial charge < -0.3 is 5.73 Å². The first-order valence-corrected chi connectivity index (χ1v) is 6.41. The van der Waals surface area contributed by atoms with Gasteiger partial charge in [0, 0.05) is 22.0 Å². The van der Waals surface area contributed by atoms with E-state index < -0.39 is 0 Å². The Morgan fingerprint density at radius 2 is 1.90 bits per heavy atom. The second kappa shape index (κ2) is 4.72. The number of hydrogen-bond donors (Lipinski definition) is 1. The van der Waals surface area contributed by atoms with Crippen LogP contribution < -0.4 is 5.73 Å². The molecular weight excluding hydrogens is 277 g/mol. The fourth-order valence-corrected chi connectivity index (χ4v) is 2.41. The summed E-state index contributed by atoms with van der Waals surface area (Å²) in [4.78, 5) is 8.63. The highest BCUT2D eigenvalue weighted by Crippen LogP contribution is 2.26. The molecule has 3 rings (SSSR count). The lowest BCUT2D eigenvalue weighted by molar-refractivity contribution is 0.629. The molecule has 0 radical (unpaired) electrons. The summed E-state index contributed by atoms with van der Waals surface area (Å²) >= 11 is 6.04. The Balaban J connectivity index is 2.26. The van der Waals surface area contributed by atoms with Crippen molar-refractivity contribution in [2.45, 2.75) is 6.92 Å². The second-order valence-electron chi connectivity index (χ2n) is 4.61. The Morgan fingerprint density at radius 3 is 2.65 bits per heavy atom. The second-order valence-corrected chi connectivity index (χ2v) is 5.05. The standard InChI is InChI=1S/C15H11ClFN3/c1-8-4-9(6-10(16)5-8)15-19-13-7-11(17)2-3-12(13)14(18)20-15/h2-7H,1H3,(H2,18,19,20). The van der Waals surface area contributed by atoms with Crippen molar-refractivity contribution in [3.05, 3.63) is 52.8 Å². The van der Waals surface area contributed by atoms with Crippen molar-refractivity contribution >= 4 is 28.3 Å². The number of nitrogens with zero attached hydrogens (tertiary/aromatic N) is 2. The first-order chi connectivity index (χ1) is 9.52. The van der Waals surface area contributed by atoms with Crippen LogP contribution >= 0.6 is 11.6 Å². The van der Waals surface area contributed by atoms with Gasteiger partial charge in [0.2, 0.25) is 0 Å². The molecule has 0 aliphatic carbocycles. The molecule has 0 spiro atoms. The van der Waals surface area contributed by atoms with Crippen LogP contribution in [0.5, 0.6) is 0 Å². The van der Waals surface area contributed by atoms with Crippen LogP contribution in [0.15, 0.2) is 36.4 Å². The van der Waals surface area contributed by atoms with E-state index in [1.165, 1.54) is 12.1 Å². The van der Waals surface area contributed by atoms with Crippen LogP contribution in [0.4, 0.5) is 10.2 Å². The predicted octanol–water partition coefficient (Wildman–Crippen LogP) is 3.98. The molecule has 0 saturated heterocycles. The van der Waals surface area contributed by atoms with E-state index in [-0.39, 0.29) is 5.82 Å². The van der Waals surface area contributed by atoms with Gasteiger partial charge in [-0.3, -0.25) is 0 Å². The zero-order valence-corrected chi connectivity index (χ0v) is 11.4. The van der Waals surface area contributed by atoms with Crippen LogP contribution in [-0.2, 0) is 0 Å². The van der Waals surface area contributed by atoms with Gasteiger partial charge in [0.25, 0.3) is 0 Å². The topological polar surface area (TPSA) is 51.8 Å². The minimum Gasteiger partial charge on any atom is -0.383 e. The maximum atomic E-state index is 13.3. The summed E-state index contributed by atoms with van der Waals surface area (Å²) in [6.07, 6.45) is 0. The van der Waals surface area contributed by atoms with Crippen LogP contribution in [-0.4, -0.2) is 9.97 Å². The van der Waals surface area contributed by atoms with Crippen molar-refractivity contribution in [1.82, 2.24) is 9.97 Å². The number of aromatic nitrogens is 2. The van der Waals surface area contributed by atoms with Gasteiger partial charge in [-0.2, -0.15) is 0 Å². The number of hydrogen-bond acceptors (Lipinski definition) is 3. The normalized spacial score (nSPS) is 10.9. The van der Waals surface area contributed by atoms with E-state index in [1.54, 1.807) is 12.1 Å². The van der Waals surface area contributed by atoms with Crippen LogP contribution in [0.25, 0.3) is 22.3 Å². The van der Waals surface area contributed by atoms with E-state index in [1.807, 2.05) is 19.1 Å². The van der Waals surface area contributed by atoms with E-state index in [0.29, 0.717) is 27.6 Å². The summed E-state index contributed by atoms with van der Waals surface area (Å²) in [6, 6.07) is 9.77. The molecule has 2 aromatic carbocycles. The Hall–Kier alpha value is -2.20. The molecular formula is C15H11ClFN3. The van der Waals surface area contributed by atoms with Gasteiger partial charge in [-0.05, 0) is 42.8 Å². The van der Waals surface area contributed by atoms with Crippen LogP contribution in [0.2, 0.25) is 5.02 Å². The fraction of sp³-hybridized carbons (Fsp3) is 0.0667. The van der Waals surface area contributed by atoms with E-state index in [9.17, 15) is 4.39 Å². The predicted molar refractivity (Wildman–Crippen MR) is 79.1 cm³/mol. The highest BCUT2D eigenvalue weighted by molar-refractivity contribution is 6.30. The SMILES string of the molecule is Cc1cc(Cl)cc(-c2nc(N)c3ccc(F)cc3n2)c1. The number of anilines is 1. The largest absolute Gasteiger partial charge is 0.383 e. The van der Waals surface area contributed by atoms with Gasteiger partial charge in [0.15, 0.2) is 5.82 Å². The summed E-state index contributed by atoms with van der Waals surface area (Å²) in [7, 11) is 0. The molecule has 1 heterocycles. The van der Waals surface area contributed by atoms with Crippen molar-refractivity contribution < 1.29 is 4.39 Å². The molecule has 0 amide bonds. The third kappa shape index (κ3) is 2.30. The molecule has 0 fully saturated rings. The molecule has 20 heavy (non-hydrogen) atoms. The lowest BCUT2D eigenvalue weighted by Crippen LogP contribution is -1.98. The minimum absolute atomic E-state index is 0.322. The Morgan fingerprint density at radius 1 is 1.10 bits per heavy atom. The third-order valence-corrected chi connectivity index (χ3v) is 3.21. The van der Waals surface area contributed by atoms with E-state index in [2.05, 4.69) is 9.97 Å². The van der Waals surface area contributed by atoms with Gasteiger partial charge in [-0.1, -0.05) is 11.6 Å². The zero-order chi connectivity index (χ0) is 14.3. The first-order valence-electron chi connectivity index (χ1n) is 6.03. The van der Waals surface area contributed by atoms with Crippen molar-refractivity contribution in [3.63, 3.8) is 0 Å². The third-order valence-electron chi connectivity index (χ3n) is 2.99. The average molecular weight is 288 g/mol. The fourth-order valence-electron chi connectivity index (χ4n) is 2.12. The highest BCUT2D eigenvalue weighted by Gasteiger charge is 2.09. The van der Waals surface area contributed by atoms with E-state index in [4.69, 9.17) is 17.3 Å². The van der Waals surface area contributed by atoms with Gasteiger partial charge in [0.1, 0.15) is 11.6 Å². The molecule has 0 bridgehead atoms. The van der Waals surface area contributed by atoms with Gasteiger partial charge in [-0.25, -0.2) is 14.4 Å². The monoisotopic (exact) mass is 287 g/mol. The number of aryl methyl sites for hydroxylation is 1. The zero-order valence-electron chi connectivity index (χ0n) is 10.7. The first kappa shape index (κ1) is 12.8. The number of nitrogen functional groups attached to an aromatic ring is 1. The summed E-state index contributed by atoms with van der Waals surface area (Å²) in [5.41, 5.74) is 8.14. The average Bonchev–Trinajstić information content (AvgIpc) is 2.36. The highest BCUT2D eigenvalue weighted by atomic mass is 35.5. The minimum atomic E-state index is -0.358. The van der Waals surface area contributed by atoms with Gasteiger partial charge in [0.05, 0.1) is 5.52 Å². The molecule has 0 aliphatic heterocycles. The summed E-state index contributed by atoms with van der Waals surface area (Å²) in [6.45, 7) is 1.93. The lowest BCUT2D eigenvalue weighted by Gasteiger charge is -2.07. The molecule has 0 aliphatic rings. The van der Waals surface area contributed by atoms with Crippen molar-refractivity contribution in [3.8, 4) is 11.4 Å². The molecule has 3 aromatic rings. The molecule has 5 heteroatoms. The smallest absolute Gasteiger partial charge is 0.162 e. The van der Waals surface area contributed by atoms with Crippen LogP contribution in [0.1, 0.15) is 5.56 Å². The molecule has 3 nitrogen and oxygen atoms in total. The van der Waals surface area contributed by atoms with Gasteiger partial charge >= 0.3 is 0 Å². The summed E-state index contributed by atoms with van der Waals surface area (Å²) < 4.78 is 13.3. The molecule has 0 unspecified atom stereocenters. The van der Waals surface area contributed by atoms with Crippen LogP contribution in [0.3, 0.4) is 0 Å². The lowest BCUT2D eigenvalue weighted by atomic mass is 10.1. The van der Waals surface area contributed by atoms with Gasteiger partial charge in [-0.15, -0.1) is 0 Å². The molecule has 0 saturated carbocycles. The molecule has 0 atom stereocenters. The number of halogens is 2. The van der Waals surface area contributed by atoms with E-state index >= 15 is 0 Å². The Bertz CT molecular complexity index is 797. The number of benzene rings is 2. The Labute approximate surface area is 120 Å². The summed E-state index contributed by atoms with van der Waals surface area (Å²) in [5, 5.41) is 1.23. The molecule has 1 aromatic heterocycles. The van der Waals surface area contributed by atoms with E-state index in [0.717, 1.165) is 11.1 Å². The summed E-state index contributed by atoms with van der Waals surface area (Å²) in [5.74, 6) is 0.401. The molecule has 100 valence electrons. The molecule has 2 N–H and O–H groups in total. The quantitative estimate of drug-likeness (QED) is 0.736. The number of rotatable bonds is 1. The maximum absolute atomic E-state index is 13.3. The number of fused-ring (bicyclic) bond motifs is 1. The van der Waals surface area contributed by atoms with Crippen molar-refractivity contribution in [2.75, 3.05) is 5.73 Å². The van der Waals surface area contributed by atoms with Crippen molar-refractivity contribution in [2.24, 2.45) is 0 Å². The van der Waals surface area contributed by atoms with Crippen molar-refractivity contribution in [1.29, 1.82) is 0 Å². The number of nitrogens with two attached hydrogens (primary N) is 1. The Kier molecular flexibility index (Phi) is 3.03. The maximum Gasteiger partial charge on any atom is 0.162 e. The van der Waals surface area contributed by atoms with Crippen LogP contribution in [0, 0.1) is 12.7 Å².